The molecule has 2 atom stereocenters. The molecule has 1 aliphatic rings. The summed E-state index contributed by atoms with van der Waals surface area (Å²) in [7, 11) is 0. The molecule has 1 aromatic carbocycles. The smallest absolute Gasteiger partial charge is 0.115 e. The Morgan fingerprint density at radius 3 is 2.93 bits per heavy atom. The Hall–Kier alpha value is -1.05. The van der Waals surface area contributed by atoms with Crippen molar-refractivity contribution in [2.24, 2.45) is 5.92 Å². The van der Waals surface area contributed by atoms with E-state index in [0.29, 0.717) is 5.75 Å². The molecule has 0 aromatic heterocycles. The van der Waals surface area contributed by atoms with Crippen LogP contribution in [0.3, 0.4) is 0 Å². The van der Waals surface area contributed by atoms with Crippen molar-refractivity contribution >= 4 is 0 Å². The number of phenolic OH excluding ortho intramolecular Hbond substituents is 1. The molecule has 76 valence electrons. The normalized spacial score (nSPS) is 22.9. The molecule has 0 saturated heterocycles. The Labute approximate surface area is 83.6 Å². The number of hydrogen-bond donors (Lipinski definition) is 1. The molecule has 2 heteroatoms. The molecule has 14 heavy (non-hydrogen) atoms. The van der Waals surface area contributed by atoms with Crippen LogP contribution in [0, 0.1) is 5.92 Å². The number of aromatic hydroxyl groups is 1. The van der Waals surface area contributed by atoms with Crippen LogP contribution in [0.25, 0.3) is 0 Å². The fourth-order valence-electron chi connectivity index (χ4n) is 2.16. The van der Waals surface area contributed by atoms with Gasteiger partial charge in [-0.15, -0.1) is 0 Å². The minimum absolute atomic E-state index is 0.159. The van der Waals surface area contributed by atoms with Crippen molar-refractivity contribution < 1.29 is 9.50 Å². The van der Waals surface area contributed by atoms with E-state index in [1.807, 2.05) is 6.07 Å². The summed E-state index contributed by atoms with van der Waals surface area (Å²) in [5.41, 5.74) is 2.38. The number of hydrogen-bond acceptors (Lipinski definition) is 1. The molecule has 2 rings (SSSR count). The predicted molar refractivity (Wildman–Crippen MR) is 54.2 cm³/mol. The zero-order valence-electron chi connectivity index (χ0n) is 8.33. The second-order valence-corrected chi connectivity index (χ2v) is 4.13. The second kappa shape index (κ2) is 3.60. The van der Waals surface area contributed by atoms with Crippen LogP contribution in [0.1, 0.15) is 24.5 Å². The highest BCUT2D eigenvalue weighted by molar-refractivity contribution is 5.36. The number of benzene rings is 1. The van der Waals surface area contributed by atoms with Crippen LogP contribution >= 0.6 is 0 Å². The highest BCUT2D eigenvalue weighted by Gasteiger charge is 2.23. The van der Waals surface area contributed by atoms with Crippen LogP contribution in [-0.4, -0.2) is 11.3 Å². The van der Waals surface area contributed by atoms with E-state index in [1.54, 1.807) is 19.1 Å². The van der Waals surface area contributed by atoms with Gasteiger partial charge >= 0.3 is 0 Å². The number of fused-ring (bicyclic) bond motifs is 1. The summed E-state index contributed by atoms with van der Waals surface area (Å²) in [5, 5.41) is 9.29. The van der Waals surface area contributed by atoms with Gasteiger partial charge in [-0.1, -0.05) is 6.07 Å². The van der Waals surface area contributed by atoms with E-state index < -0.39 is 6.17 Å². The molecule has 0 bridgehead atoms. The Morgan fingerprint density at radius 1 is 1.43 bits per heavy atom. The lowest BCUT2D eigenvalue weighted by atomic mass is 9.82. The van der Waals surface area contributed by atoms with Crippen molar-refractivity contribution in [2.75, 3.05) is 0 Å². The summed E-state index contributed by atoms with van der Waals surface area (Å²) in [6.07, 6.45) is 1.88. The number of phenols is 1. The summed E-state index contributed by atoms with van der Waals surface area (Å²) in [4.78, 5) is 0. The topological polar surface area (TPSA) is 20.2 Å². The van der Waals surface area contributed by atoms with Crippen LogP contribution in [0.4, 0.5) is 4.39 Å². The molecular formula is C12H15FO. The third-order valence-corrected chi connectivity index (χ3v) is 3.11. The highest BCUT2D eigenvalue weighted by atomic mass is 19.1. The zero-order valence-corrected chi connectivity index (χ0v) is 8.33. The van der Waals surface area contributed by atoms with Crippen LogP contribution in [-0.2, 0) is 12.8 Å². The Bertz CT molecular complexity index is 333. The first kappa shape index (κ1) is 9.50. The maximum atomic E-state index is 13.1. The molecule has 1 N–H and O–H groups in total. The van der Waals surface area contributed by atoms with Gasteiger partial charge in [-0.2, -0.15) is 0 Å². The summed E-state index contributed by atoms with van der Waals surface area (Å²) in [6, 6.07) is 5.40. The van der Waals surface area contributed by atoms with E-state index in [1.165, 1.54) is 11.1 Å². The molecule has 0 radical (unpaired) electrons. The fraction of sp³-hybridized carbons (Fsp3) is 0.500. The first-order chi connectivity index (χ1) is 6.66. The maximum absolute atomic E-state index is 13.1. The van der Waals surface area contributed by atoms with Gasteiger partial charge in [0.1, 0.15) is 11.9 Å². The van der Waals surface area contributed by atoms with Crippen molar-refractivity contribution in [1.29, 1.82) is 0 Å². The van der Waals surface area contributed by atoms with E-state index in [-0.39, 0.29) is 5.92 Å². The molecule has 0 amide bonds. The van der Waals surface area contributed by atoms with E-state index in [2.05, 4.69) is 0 Å². The Kier molecular flexibility index (Phi) is 2.44. The maximum Gasteiger partial charge on any atom is 0.115 e. The summed E-state index contributed by atoms with van der Waals surface area (Å²) in [6.45, 7) is 1.63. The van der Waals surface area contributed by atoms with Crippen LogP contribution in [0.2, 0.25) is 0 Å². The van der Waals surface area contributed by atoms with Crippen LogP contribution < -0.4 is 0 Å². The van der Waals surface area contributed by atoms with Gasteiger partial charge in [0, 0.05) is 0 Å². The second-order valence-electron chi connectivity index (χ2n) is 4.13. The van der Waals surface area contributed by atoms with Crippen molar-refractivity contribution in [3.8, 4) is 5.75 Å². The molecule has 0 heterocycles. The fourth-order valence-corrected chi connectivity index (χ4v) is 2.16. The quantitative estimate of drug-likeness (QED) is 0.728. The lowest BCUT2D eigenvalue weighted by Gasteiger charge is -2.25. The largest absolute Gasteiger partial charge is 0.508 e. The molecule has 1 aromatic rings. The Balaban J connectivity index is 2.23. The minimum Gasteiger partial charge on any atom is -0.508 e. The van der Waals surface area contributed by atoms with Gasteiger partial charge < -0.3 is 5.11 Å². The average molecular weight is 194 g/mol. The number of alkyl halides is 1. The number of rotatable bonds is 1. The van der Waals surface area contributed by atoms with Crippen molar-refractivity contribution in [2.45, 2.75) is 32.4 Å². The average Bonchev–Trinajstić information content (AvgIpc) is 2.16. The van der Waals surface area contributed by atoms with Crippen molar-refractivity contribution in [3.63, 3.8) is 0 Å². The zero-order chi connectivity index (χ0) is 10.1. The van der Waals surface area contributed by atoms with E-state index in [4.69, 9.17) is 0 Å². The van der Waals surface area contributed by atoms with Crippen molar-refractivity contribution in [3.05, 3.63) is 29.3 Å². The summed E-state index contributed by atoms with van der Waals surface area (Å²) in [5.74, 6) is 0.475. The van der Waals surface area contributed by atoms with Crippen LogP contribution in [0.15, 0.2) is 18.2 Å². The van der Waals surface area contributed by atoms with Gasteiger partial charge in [0.05, 0.1) is 0 Å². The van der Waals surface area contributed by atoms with Gasteiger partial charge in [-0.25, -0.2) is 4.39 Å². The van der Waals surface area contributed by atoms with Gasteiger partial charge in [0.2, 0.25) is 0 Å². The first-order valence-electron chi connectivity index (χ1n) is 5.11. The van der Waals surface area contributed by atoms with Gasteiger partial charge in [0.15, 0.2) is 0 Å². The summed E-state index contributed by atoms with van der Waals surface area (Å²) >= 11 is 0. The van der Waals surface area contributed by atoms with Crippen LogP contribution in [0.5, 0.6) is 5.75 Å². The number of aryl methyl sites for hydroxylation is 1. The van der Waals surface area contributed by atoms with E-state index in [9.17, 15) is 9.50 Å². The Morgan fingerprint density at radius 2 is 2.21 bits per heavy atom. The molecule has 1 aliphatic carbocycles. The summed E-state index contributed by atoms with van der Waals surface area (Å²) < 4.78 is 13.1. The van der Waals surface area contributed by atoms with E-state index in [0.717, 1.165) is 19.3 Å². The third kappa shape index (κ3) is 1.74. The van der Waals surface area contributed by atoms with Gasteiger partial charge in [-0.3, -0.25) is 0 Å². The molecule has 0 fully saturated rings. The third-order valence-electron chi connectivity index (χ3n) is 3.11. The molecule has 1 nitrogen and oxygen atoms in total. The van der Waals surface area contributed by atoms with Crippen molar-refractivity contribution in [1.82, 2.24) is 0 Å². The minimum atomic E-state index is -0.725. The van der Waals surface area contributed by atoms with Gasteiger partial charge in [-0.05, 0) is 55.4 Å². The first-order valence-corrected chi connectivity index (χ1v) is 5.11. The van der Waals surface area contributed by atoms with E-state index >= 15 is 0 Å². The lowest BCUT2D eigenvalue weighted by molar-refractivity contribution is 0.229. The highest BCUT2D eigenvalue weighted by Crippen LogP contribution is 2.30. The molecule has 2 unspecified atom stereocenters. The number of halogens is 1. The predicted octanol–water partition coefficient (Wildman–Crippen LogP) is 2.86. The molecule has 0 aliphatic heterocycles. The molecular weight excluding hydrogens is 179 g/mol. The lowest BCUT2D eigenvalue weighted by Crippen LogP contribution is -2.21. The molecule has 0 spiro atoms. The molecule has 0 saturated carbocycles. The van der Waals surface area contributed by atoms with Gasteiger partial charge in [0.25, 0.3) is 0 Å². The SMILES string of the molecule is CC(F)C1CCc2cc(O)ccc2C1. The standard InChI is InChI=1S/C12H15FO/c1-8(13)9-2-3-11-7-12(14)5-4-10(11)6-9/h4-5,7-9,14H,2-3,6H2,1H3. The monoisotopic (exact) mass is 194 g/mol.